The fourth-order valence-electron chi connectivity index (χ4n) is 1.15. The average molecular weight is 155 g/mol. The van der Waals surface area contributed by atoms with E-state index in [1.807, 2.05) is 27.7 Å². The average Bonchev–Trinajstić information content (AvgIpc) is 2.11. The molecular formula is C8H13NO2. The van der Waals surface area contributed by atoms with E-state index in [-0.39, 0.29) is 17.3 Å². The third-order valence-corrected chi connectivity index (χ3v) is 1.77. The van der Waals surface area contributed by atoms with Crippen molar-refractivity contribution in [3.05, 3.63) is 0 Å². The number of hydrogen-bond acceptors (Lipinski definition) is 3. The minimum absolute atomic E-state index is 0.0639. The molecule has 0 fully saturated rings. The molecule has 1 atom stereocenters. The van der Waals surface area contributed by atoms with E-state index in [2.05, 4.69) is 9.99 Å². The molecule has 11 heavy (non-hydrogen) atoms. The molecule has 0 aromatic carbocycles. The summed E-state index contributed by atoms with van der Waals surface area (Å²) in [7, 11) is 0. The lowest BCUT2D eigenvalue weighted by Gasteiger charge is -2.18. The summed E-state index contributed by atoms with van der Waals surface area (Å²) in [5.41, 5.74) is 0.772. The van der Waals surface area contributed by atoms with Gasteiger partial charge in [-0.15, -0.1) is 0 Å². The van der Waals surface area contributed by atoms with Crippen LogP contribution in [0.1, 0.15) is 27.7 Å². The molecule has 0 aromatic heterocycles. The van der Waals surface area contributed by atoms with Crippen LogP contribution in [0.2, 0.25) is 0 Å². The monoisotopic (exact) mass is 155 g/mol. The minimum Gasteiger partial charge on any atom is -0.318 e. The van der Waals surface area contributed by atoms with Crippen LogP contribution in [0.15, 0.2) is 5.16 Å². The number of oxime groups is 1. The largest absolute Gasteiger partial charge is 0.343 e. The van der Waals surface area contributed by atoms with E-state index in [1.165, 1.54) is 0 Å². The Morgan fingerprint density at radius 3 is 2.18 bits per heavy atom. The number of nitrogens with zero attached hydrogens (tertiary/aromatic N) is 1. The normalized spacial score (nSPS) is 24.9. The van der Waals surface area contributed by atoms with Gasteiger partial charge in [0.25, 0.3) is 0 Å². The molecule has 1 aliphatic heterocycles. The second-order valence-electron chi connectivity index (χ2n) is 3.86. The molecule has 0 saturated heterocycles. The van der Waals surface area contributed by atoms with Crippen molar-refractivity contribution in [1.82, 2.24) is 0 Å². The van der Waals surface area contributed by atoms with Crippen LogP contribution in [-0.2, 0) is 9.63 Å². The predicted octanol–water partition coefficient (Wildman–Crippen LogP) is 1.58. The Kier molecular flexibility index (Phi) is 1.74. The zero-order chi connectivity index (χ0) is 8.65. The zero-order valence-corrected chi connectivity index (χ0v) is 7.34. The van der Waals surface area contributed by atoms with Gasteiger partial charge in [-0.05, 0) is 6.92 Å². The fourth-order valence-corrected chi connectivity index (χ4v) is 1.15. The van der Waals surface area contributed by atoms with E-state index in [1.54, 1.807) is 0 Å². The molecule has 0 N–H and O–H groups in total. The quantitative estimate of drug-likeness (QED) is 0.498. The third kappa shape index (κ3) is 1.42. The zero-order valence-electron chi connectivity index (χ0n) is 7.34. The summed E-state index contributed by atoms with van der Waals surface area (Å²) in [4.78, 5) is 15.4. The Balaban J connectivity index is 2.84. The second-order valence-corrected chi connectivity index (χ2v) is 3.86. The molecule has 62 valence electrons. The molecule has 0 radical (unpaired) electrons. The van der Waals surface area contributed by atoms with Crippen LogP contribution in [0.3, 0.4) is 0 Å². The summed E-state index contributed by atoms with van der Waals surface area (Å²) in [6.45, 7) is 7.87. The summed E-state index contributed by atoms with van der Waals surface area (Å²) >= 11 is 0. The summed E-state index contributed by atoms with van der Waals surface area (Å²) in [6.07, 6.45) is 0. The van der Waals surface area contributed by atoms with Crippen LogP contribution >= 0.6 is 0 Å². The van der Waals surface area contributed by atoms with Gasteiger partial charge in [-0.1, -0.05) is 25.9 Å². The van der Waals surface area contributed by atoms with Gasteiger partial charge in [-0.25, -0.2) is 4.79 Å². The topological polar surface area (TPSA) is 38.7 Å². The maximum atomic E-state index is 10.9. The van der Waals surface area contributed by atoms with Gasteiger partial charge in [0.15, 0.2) is 0 Å². The Morgan fingerprint density at radius 2 is 2.00 bits per heavy atom. The molecule has 3 heteroatoms. The fraction of sp³-hybridized carbons (Fsp3) is 0.750. The molecular weight excluding hydrogens is 142 g/mol. The van der Waals surface area contributed by atoms with Gasteiger partial charge in [0.05, 0.1) is 11.6 Å². The lowest BCUT2D eigenvalue weighted by Crippen LogP contribution is -2.27. The summed E-state index contributed by atoms with van der Waals surface area (Å²) in [5.74, 6) is -0.412. The Hall–Kier alpha value is -0.860. The van der Waals surface area contributed by atoms with E-state index in [0.29, 0.717) is 0 Å². The maximum Gasteiger partial charge on any atom is 0.343 e. The molecule has 1 heterocycles. The first-order valence-electron chi connectivity index (χ1n) is 3.72. The van der Waals surface area contributed by atoms with Crippen LogP contribution < -0.4 is 0 Å². The molecule has 0 amide bonds. The first kappa shape index (κ1) is 8.24. The Morgan fingerprint density at radius 1 is 1.45 bits per heavy atom. The standard InChI is InChI=1S/C8H13NO2/c1-5-6(8(2,3)4)9-11-7(5)10/h5H,1-4H3/t5-/m0/s1. The van der Waals surface area contributed by atoms with Gasteiger partial charge < -0.3 is 4.84 Å². The summed E-state index contributed by atoms with van der Waals surface area (Å²) in [6, 6.07) is 0. The number of rotatable bonds is 0. The summed E-state index contributed by atoms with van der Waals surface area (Å²) in [5, 5.41) is 3.74. The highest BCUT2D eigenvalue weighted by Crippen LogP contribution is 2.26. The first-order chi connectivity index (χ1) is 4.93. The van der Waals surface area contributed by atoms with E-state index in [0.717, 1.165) is 5.71 Å². The lowest BCUT2D eigenvalue weighted by molar-refractivity contribution is -0.142. The van der Waals surface area contributed by atoms with Gasteiger partial charge >= 0.3 is 5.97 Å². The molecule has 3 nitrogen and oxygen atoms in total. The van der Waals surface area contributed by atoms with Crippen molar-refractivity contribution in [3.63, 3.8) is 0 Å². The van der Waals surface area contributed by atoms with Crippen LogP contribution in [0, 0.1) is 11.3 Å². The van der Waals surface area contributed by atoms with Crippen molar-refractivity contribution in [2.24, 2.45) is 16.5 Å². The highest BCUT2D eigenvalue weighted by atomic mass is 16.7. The first-order valence-corrected chi connectivity index (χ1v) is 3.72. The molecule has 0 spiro atoms. The number of carbonyl (C=O) groups is 1. The lowest BCUT2D eigenvalue weighted by atomic mass is 9.83. The van der Waals surface area contributed by atoms with Crippen LogP contribution in [-0.4, -0.2) is 11.7 Å². The maximum absolute atomic E-state index is 10.9. The number of hydrogen-bond donors (Lipinski definition) is 0. The van der Waals surface area contributed by atoms with Crippen LogP contribution in [0.25, 0.3) is 0 Å². The Bertz CT molecular complexity index is 213. The van der Waals surface area contributed by atoms with E-state index in [4.69, 9.17) is 0 Å². The molecule has 0 unspecified atom stereocenters. The van der Waals surface area contributed by atoms with Gasteiger partial charge in [-0.3, -0.25) is 0 Å². The molecule has 1 rings (SSSR count). The van der Waals surface area contributed by atoms with Gasteiger partial charge in [0, 0.05) is 5.41 Å². The molecule has 0 aromatic rings. The summed E-state index contributed by atoms with van der Waals surface area (Å²) < 4.78 is 0. The van der Waals surface area contributed by atoms with E-state index < -0.39 is 0 Å². The Labute approximate surface area is 66.4 Å². The van der Waals surface area contributed by atoms with Crippen molar-refractivity contribution in [1.29, 1.82) is 0 Å². The van der Waals surface area contributed by atoms with Crippen molar-refractivity contribution >= 4 is 11.7 Å². The SMILES string of the molecule is C[C@@H]1C(=O)ON=C1C(C)(C)C. The predicted molar refractivity (Wildman–Crippen MR) is 42.1 cm³/mol. The van der Waals surface area contributed by atoms with Crippen molar-refractivity contribution in [2.45, 2.75) is 27.7 Å². The molecule has 1 aliphatic rings. The van der Waals surface area contributed by atoms with E-state index >= 15 is 0 Å². The highest BCUT2D eigenvalue weighted by molar-refractivity contribution is 6.06. The van der Waals surface area contributed by atoms with Gasteiger partial charge in [0.2, 0.25) is 0 Å². The minimum atomic E-state index is -0.241. The number of carbonyl (C=O) groups excluding carboxylic acids is 1. The van der Waals surface area contributed by atoms with Crippen LogP contribution in [0.5, 0.6) is 0 Å². The van der Waals surface area contributed by atoms with Crippen LogP contribution in [0.4, 0.5) is 0 Å². The van der Waals surface area contributed by atoms with Gasteiger partial charge in [-0.2, -0.15) is 0 Å². The molecule has 0 bridgehead atoms. The van der Waals surface area contributed by atoms with Crippen molar-refractivity contribution in [2.75, 3.05) is 0 Å². The molecule has 0 saturated carbocycles. The van der Waals surface area contributed by atoms with Crippen molar-refractivity contribution < 1.29 is 9.63 Å². The van der Waals surface area contributed by atoms with E-state index in [9.17, 15) is 4.79 Å². The molecule has 0 aliphatic carbocycles. The van der Waals surface area contributed by atoms with Crippen molar-refractivity contribution in [3.8, 4) is 0 Å². The highest BCUT2D eigenvalue weighted by Gasteiger charge is 2.35. The van der Waals surface area contributed by atoms with Gasteiger partial charge in [0.1, 0.15) is 0 Å². The smallest absolute Gasteiger partial charge is 0.318 e. The second kappa shape index (κ2) is 2.32. The third-order valence-electron chi connectivity index (χ3n) is 1.77.